The van der Waals surface area contributed by atoms with E-state index in [2.05, 4.69) is 19.2 Å². The Morgan fingerprint density at radius 1 is 1.17 bits per heavy atom. The first-order valence-electron chi connectivity index (χ1n) is 6.34. The number of hydrogen-bond donors (Lipinski definition) is 1. The molecule has 1 saturated heterocycles. The van der Waals surface area contributed by atoms with Crippen LogP contribution in [0.3, 0.4) is 0 Å². The second kappa shape index (κ2) is 3.80. The molecule has 0 aromatic rings. The Balaban J connectivity index is 2.25. The van der Waals surface area contributed by atoms with Crippen LogP contribution in [0.5, 0.6) is 0 Å². The van der Waals surface area contributed by atoms with Gasteiger partial charge in [0.2, 0.25) is 11.8 Å². The SMILES string of the molecule is CC1(C)CCC(N2C(=O)NC(=O)C(C)(C)C2=O)C1. The minimum absolute atomic E-state index is 0.0834. The Hall–Kier alpha value is -1.39. The maximum absolute atomic E-state index is 12.3. The molecule has 0 spiro atoms. The number of urea groups is 1. The predicted molar refractivity (Wildman–Crippen MR) is 65.6 cm³/mol. The summed E-state index contributed by atoms with van der Waals surface area (Å²) in [6.07, 6.45) is 2.61. The van der Waals surface area contributed by atoms with Gasteiger partial charge in [0.1, 0.15) is 5.41 Å². The summed E-state index contributed by atoms with van der Waals surface area (Å²) in [6, 6.07) is -0.646. The van der Waals surface area contributed by atoms with Gasteiger partial charge in [0.25, 0.3) is 0 Å². The van der Waals surface area contributed by atoms with Gasteiger partial charge in [-0.05, 0) is 38.5 Å². The van der Waals surface area contributed by atoms with Crippen molar-refractivity contribution < 1.29 is 14.4 Å². The van der Waals surface area contributed by atoms with Crippen molar-refractivity contribution in [2.45, 2.75) is 53.0 Å². The van der Waals surface area contributed by atoms with Crippen LogP contribution in [0.25, 0.3) is 0 Å². The van der Waals surface area contributed by atoms with Gasteiger partial charge in [-0.2, -0.15) is 0 Å². The van der Waals surface area contributed by atoms with E-state index in [0.717, 1.165) is 19.3 Å². The summed E-state index contributed by atoms with van der Waals surface area (Å²) in [5, 5.41) is 2.28. The molecular formula is C13H20N2O3. The number of hydrogen-bond acceptors (Lipinski definition) is 3. The number of nitrogens with one attached hydrogen (secondary N) is 1. The molecule has 4 amide bonds. The molecule has 0 bridgehead atoms. The van der Waals surface area contributed by atoms with Crippen LogP contribution in [0.2, 0.25) is 0 Å². The number of rotatable bonds is 1. The molecule has 0 aromatic heterocycles. The van der Waals surface area contributed by atoms with Crippen LogP contribution in [-0.4, -0.2) is 28.8 Å². The van der Waals surface area contributed by atoms with E-state index in [1.807, 2.05) is 0 Å². The summed E-state index contributed by atoms with van der Waals surface area (Å²) in [4.78, 5) is 37.1. The standard InChI is InChI=1S/C13H20N2O3/c1-12(2)6-5-8(7-12)15-10(17)13(3,4)9(16)14-11(15)18/h8H,5-7H2,1-4H3,(H,14,16,18). The van der Waals surface area contributed by atoms with Gasteiger partial charge in [-0.25, -0.2) is 4.79 Å². The van der Waals surface area contributed by atoms with Crippen molar-refractivity contribution in [1.29, 1.82) is 0 Å². The highest BCUT2D eigenvalue weighted by Gasteiger charge is 2.50. The van der Waals surface area contributed by atoms with E-state index < -0.39 is 17.4 Å². The lowest BCUT2D eigenvalue weighted by Crippen LogP contribution is -2.64. The highest BCUT2D eigenvalue weighted by Crippen LogP contribution is 2.41. The predicted octanol–water partition coefficient (Wildman–Crippen LogP) is 1.67. The van der Waals surface area contributed by atoms with E-state index in [1.54, 1.807) is 13.8 Å². The number of amides is 4. The molecule has 1 unspecified atom stereocenters. The summed E-state index contributed by atoms with van der Waals surface area (Å²) in [5.41, 5.74) is -1.00. The van der Waals surface area contributed by atoms with Gasteiger partial charge in [-0.15, -0.1) is 0 Å². The Morgan fingerprint density at radius 3 is 2.28 bits per heavy atom. The lowest BCUT2D eigenvalue weighted by atomic mass is 9.87. The highest BCUT2D eigenvalue weighted by molar-refractivity contribution is 6.18. The van der Waals surface area contributed by atoms with E-state index in [1.165, 1.54) is 4.90 Å². The summed E-state index contributed by atoms with van der Waals surface area (Å²) < 4.78 is 0. The van der Waals surface area contributed by atoms with Gasteiger partial charge < -0.3 is 0 Å². The van der Waals surface area contributed by atoms with Gasteiger partial charge in [-0.3, -0.25) is 19.8 Å². The molecule has 18 heavy (non-hydrogen) atoms. The second-order valence-corrected chi connectivity index (χ2v) is 6.62. The number of nitrogens with zero attached hydrogens (tertiary/aromatic N) is 1. The van der Waals surface area contributed by atoms with Crippen LogP contribution in [0.4, 0.5) is 4.79 Å². The van der Waals surface area contributed by atoms with E-state index in [4.69, 9.17) is 0 Å². The minimum Gasteiger partial charge on any atom is -0.277 e. The van der Waals surface area contributed by atoms with Gasteiger partial charge in [0.05, 0.1) is 0 Å². The summed E-state index contributed by atoms with van der Waals surface area (Å²) in [7, 11) is 0. The zero-order valence-corrected chi connectivity index (χ0v) is 11.4. The lowest BCUT2D eigenvalue weighted by molar-refractivity contribution is -0.150. The van der Waals surface area contributed by atoms with E-state index in [9.17, 15) is 14.4 Å². The van der Waals surface area contributed by atoms with Gasteiger partial charge in [0, 0.05) is 6.04 Å². The van der Waals surface area contributed by atoms with Crippen LogP contribution in [0.15, 0.2) is 0 Å². The fraction of sp³-hybridized carbons (Fsp3) is 0.769. The number of carbonyl (C=O) groups excluding carboxylic acids is 3. The molecule has 1 saturated carbocycles. The van der Waals surface area contributed by atoms with Gasteiger partial charge in [0.15, 0.2) is 0 Å². The van der Waals surface area contributed by atoms with E-state index in [0.29, 0.717) is 0 Å². The minimum atomic E-state index is -1.15. The zero-order valence-electron chi connectivity index (χ0n) is 11.4. The van der Waals surface area contributed by atoms with Crippen molar-refractivity contribution >= 4 is 17.8 Å². The number of imide groups is 2. The molecule has 1 N–H and O–H groups in total. The van der Waals surface area contributed by atoms with Crippen LogP contribution in [0, 0.1) is 10.8 Å². The normalized spacial score (nSPS) is 30.6. The smallest absolute Gasteiger partial charge is 0.277 e. The van der Waals surface area contributed by atoms with Crippen molar-refractivity contribution in [3.05, 3.63) is 0 Å². The van der Waals surface area contributed by atoms with E-state index >= 15 is 0 Å². The Morgan fingerprint density at radius 2 is 1.78 bits per heavy atom. The van der Waals surface area contributed by atoms with E-state index in [-0.39, 0.29) is 17.4 Å². The van der Waals surface area contributed by atoms with Crippen molar-refractivity contribution in [1.82, 2.24) is 10.2 Å². The molecule has 1 heterocycles. The third-order valence-corrected chi connectivity index (χ3v) is 4.07. The molecule has 5 heteroatoms. The third-order valence-electron chi connectivity index (χ3n) is 4.07. The molecular weight excluding hydrogens is 232 g/mol. The van der Waals surface area contributed by atoms with Crippen LogP contribution in [0.1, 0.15) is 47.0 Å². The molecule has 2 rings (SSSR count). The number of carbonyl (C=O) groups is 3. The molecule has 1 aliphatic heterocycles. The summed E-state index contributed by atoms with van der Waals surface area (Å²) in [5.74, 6) is -0.884. The monoisotopic (exact) mass is 252 g/mol. The Bertz CT molecular complexity index is 426. The van der Waals surface area contributed by atoms with Gasteiger partial charge in [-0.1, -0.05) is 13.8 Å². The van der Waals surface area contributed by atoms with Crippen LogP contribution in [-0.2, 0) is 9.59 Å². The highest BCUT2D eigenvalue weighted by atomic mass is 16.2. The molecule has 0 radical (unpaired) electrons. The van der Waals surface area contributed by atoms with Crippen molar-refractivity contribution in [2.75, 3.05) is 0 Å². The summed E-state index contributed by atoms with van der Waals surface area (Å²) >= 11 is 0. The molecule has 1 aliphatic carbocycles. The maximum Gasteiger partial charge on any atom is 0.331 e. The van der Waals surface area contributed by atoms with Gasteiger partial charge >= 0.3 is 6.03 Å². The van der Waals surface area contributed by atoms with Crippen LogP contribution < -0.4 is 5.32 Å². The Labute approximate surface area is 107 Å². The summed E-state index contributed by atoms with van der Waals surface area (Å²) in [6.45, 7) is 7.39. The fourth-order valence-electron chi connectivity index (χ4n) is 2.76. The largest absolute Gasteiger partial charge is 0.331 e. The molecule has 100 valence electrons. The molecule has 0 aromatic carbocycles. The first kappa shape index (κ1) is 13.1. The average Bonchev–Trinajstić information content (AvgIpc) is 2.57. The van der Waals surface area contributed by atoms with Crippen molar-refractivity contribution in [2.24, 2.45) is 10.8 Å². The first-order chi connectivity index (χ1) is 8.15. The third kappa shape index (κ3) is 1.91. The number of barbiturate groups is 1. The average molecular weight is 252 g/mol. The first-order valence-corrected chi connectivity index (χ1v) is 6.34. The van der Waals surface area contributed by atoms with Crippen LogP contribution >= 0.6 is 0 Å². The molecule has 5 nitrogen and oxygen atoms in total. The quantitative estimate of drug-likeness (QED) is 0.722. The van der Waals surface area contributed by atoms with Crippen molar-refractivity contribution in [3.63, 3.8) is 0 Å². The Kier molecular flexibility index (Phi) is 2.76. The second-order valence-electron chi connectivity index (χ2n) is 6.62. The van der Waals surface area contributed by atoms with Crippen molar-refractivity contribution in [3.8, 4) is 0 Å². The lowest BCUT2D eigenvalue weighted by Gasteiger charge is -2.38. The molecule has 2 fully saturated rings. The topological polar surface area (TPSA) is 66.5 Å². The molecule has 2 aliphatic rings. The zero-order chi connectivity index (χ0) is 13.7. The maximum atomic E-state index is 12.3. The molecule has 1 atom stereocenters. The fourth-order valence-corrected chi connectivity index (χ4v) is 2.76.